The standard InChI is InChI=1S/C16H23NO/c1-13-16(8-10-18-13)17-9-7-15(12-17)11-14-5-3-2-4-6-14/h2-6,13,15-16H,7-12H2,1H3/t13-,15+,16+/m0/s1. The largest absolute Gasteiger partial charge is 0.377 e. The van der Waals surface area contributed by atoms with Gasteiger partial charge < -0.3 is 4.74 Å². The maximum Gasteiger partial charge on any atom is 0.0703 e. The molecule has 2 heteroatoms. The summed E-state index contributed by atoms with van der Waals surface area (Å²) in [5, 5.41) is 0. The van der Waals surface area contributed by atoms with Gasteiger partial charge in [-0.1, -0.05) is 30.3 Å². The second-order valence-corrected chi connectivity index (χ2v) is 5.77. The van der Waals surface area contributed by atoms with Crippen molar-refractivity contribution in [3.05, 3.63) is 35.9 Å². The monoisotopic (exact) mass is 245 g/mol. The van der Waals surface area contributed by atoms with Crippen LogP contribution in [0.2, 0.25) is 0 Å². The van der Waals surface area contributed by atoms with Crippen LogP contribution in [0.3, 0.4) is 0 Å². The molecule has 2 fully saturated rings. The van der Waals surface area contributed by atoms with Crippen LogP contribution in [0, 0.1) is 5.92 Å². The highest BCUT2D eigenvalue weighted by molar-refractivity contribution is 5.15. The highest BCUT2D eigenvalue weighted by Crippen LogP contribution is 2.27. The zero-order chi connectivity index (χ0) is 12.4. The predicted octanol–water partition coefficient (Wildman–Crippen LogP) is 2.73. The van der Waals surface area contributed by atoms with Gasteiger partial charge in [-0.25, -0.2) is 0 Å². The Morgan fingerprint density at radius 3 is 2.78 bits per heavy atom. The molecule has 0 saturated carbocycles. The quantitative estimate of drug-likeness (QED) is 0.812. The van der Waals surface area contributed by atoms with Gasteiger partial charge in [0.1, 0.15) is 0 Å². The molecule has 2 aliphatic rings. The van der Waals surface area contributed by atoms with Crippen molar-refractivity contribution < 1.29 is 4.74 Å². The number of nitrogens with zero attached hydrogens (tertiary/aromatic N) is 1. The fraction of sp³-hybridized carbons (Fsp3) is 0.625. The second kappa shape index (κ2) is 5.41. The summed E-state index contributed by atoms with van der Waals surface area (Å²) in [5.74, 6) is 0.834. The molecule has 0 aliphatic carbocycles. The Hall–Kier alpha value is -0.860. The van der Waals surface area contributed by atoms with Crippen molar-refractivity contribution in [1.82, 2.24) is 4.90 Å². The van der Waals surface area contributed by atoms with E-state index >= 15 is 0 Å². The van der Waals surface area contributed by atoms with Crippen LogP contribution in [0.1, 0.15) is 25.3 Å². The van der Waals surface area contributed by atoms with Crippen LogP contribution in [0.25, 0.3) is 0 Å². The van der Waals surface area contributed by atoms with Gasteiger partial charge in [0, 0.05) is 19.2 Å². The van der Waals surface area contributed by atoms with E-state index < -0.39 is 0 Å². The van der Waals surface area contributed by atoms with Crippen LogP contribution < -0.4 is 0 Å². The number of likely N-dealkylation sites (tertiary alicyclic amines) is 1. The average molecular weight is 245 g/mol. The highest BCUT2D eigenvalue weighted by atomic mass is 16.5. The molecule has 0 unspecified atom stereocenters. The first-order valence-electron chi connectivity index (χ1n) is 7.22. The lowest BCUT2D eigenvalue weighted by Crippen LogP contribution is -2.38. The molecule has 0 spiro atoms. The summed E-state index contributed by atoms with van der Waals surface area (Å²) < 4.78 is 5.69. The van der Waals surface area contributed by atoms with Gasteiger partial charge in [0.25, 0.3) is 0 Å². The van der Waals surface area contributed by atoms with Crippen LogP contribution in [-0.4, -0.2) is 36.7 Å². The van der Waals surface area contributed by atoms with E-state index in [1.807, 2.05) is 0 Å². The summed E-state index contributed by atoms with van der Waals surface area (Å²) in [6.07, 6.45) is 4.23. The molecule has 2 heterocycles. The molecule has 1 aromatic carbocycles. The molecule has 2 nitrogen and oxygen atoms in total. The highest BCUT2D eigenvalue weighted by Gasteiger charge is 2.34. The van der Waals surface area contributed by atoms with Crippen LogP contribution in [0.15, 0.2) is 30.3 Å². The molecule has 1 aromatic rings. The van der Waals surface area contributed by atoms with E-state index in [0.29, 0.717) is 12.1 Å². The third-order valence-corrected chi connectivity index (χ3v) is 4.49. The molecule has 0 radical (unpaired) electrons. The average Bonchev–Trinajstić information content (AvgIpc) is 2.99. The Morgan fingerprint density at radius 2 is 2.06 bits per heavy atom. The predicted molar refractivity (Wildman–Crippen MR) is 73.6 cm³/mol. The van der Waals surface area contributed by atoms with Gasteiger partial charge in [-0.05, 0) is 44.2 Å². The lowest BCUT2D eigenvalue weighted by atomic mass is 9.99. The summed E-state index contributed by atoms with van der Waals surface area (Å²) in [6, 6.07) is 11.6. The van der Waals surface area contributed by atoms with Gasteiger partial charge in [-0.2, -0.15) is 0 Å². The first kappa shape index (κ1) is 12.2. The summed E-state index contributed by atoms with van der Waals surface area (Å²) in [6.45, 7) is 5.69. The van der Waals surface area contributed by atoms with Gasteiger partial charge >= 0.3 is 0 Å². The topological polar surface area (TPSA) is 12.5 Å². The summed E-state index contributed by atoms with van der Waals surface area (Å²) >= 11 is 0. The SMILES string of the molecule is C[C@@H]1OCC[C@H]1N1CC[C@H](Cc2ccccc2)C1. The summed E-state index contributed by atoms with van der Waals surface area (Å²) in [7, 11) is 0. The molecule has 2 saturated heterocycles. The summed E-state index contributed by atoms with van der Waals surface area (Å²) in [5.41, 5.74) is 1.49. The molecule has 2 aliphatic heterocycles. The number of hydrogen-bond acceptors (Lipinski definition) is 2. The molecule has 0 amide bonds. The van der Waals surface area contributed by atoms with Crippen LogP contribution in [0.5, 0.6) is 0 Å². The van der Waals surface area contributed by atoms with Gasteiger partial charge in [0.2, 0.25) is 0 Å². The molecule has 3 atom stereocenters. The van der Waals surface area contributed by atoms with E-state index in [1.54, 1.807) is 0 Å². The Balaban J connectivity index is 1.55. The first-order chi connectivity index (χ1) is 8.83. The normalized spacial score (nSPS) is 33.1. The Bertz CT molecular complexity index is 378. The number of ether oxygens (including phenoxy) is 1. The molecule has 0 aromatic heterocycles. The van der Waals surface area contributed by atoms with Gasteiger partial charge in [0.05, 0.1) is 6.10 Å². The third kappa shape index (κ3) is 2.60. The van der Waals surface area contributed by atoms with Crippen molar-refractivity contribution in [1.29, 1.82) is 0 Å². The van der Waals surface area contributed by atoms with Crippen molar-refractivity contribution in [2.75, 3.05) is 19.7 Å². The van der Waals surface area contributed by atoms with E-state index in [-0.39, 0.29) is 0 Å². The van der Waals surface area contributed by atoms with E-state index in [2.05, 4.69) is 42.2 Å². The zero-order valence-electron chi connectivity index (χ0n) is 11.2. The van der Waals surface area contributed by atoms with Crippen molar-refractivity contribution in [2.24, 2.45) is 5.92 Å². The van der Waals surface area contributed by atoms with Crippen LogP contribution >= 0.6 is 0 Å². The first-order valence-corrected chi connectivity index (χ1v) is 7.22. The minimum absolute atomic E-state index is 0.431. The van der Waals surface area contributed by atoms with Crippen molar-refractivity contribution in [2.45, 2.75) is 38.3 Å². The maximum atomic E-state index is 5.69. The van der Waals surface area contributed by atoms with Crippen molar-refractivity contribution in [3.63, 3.8) is 0 Å². The van der Waals surface area contributed by atoms with Gasteiger partial charge in [-0.3, -0.25) is 4.90 Å². The van der Waals surface area contributed by atoms with Crippen molar-refractivity contribution >= 4 is 0 Å². The molecule has 18 heavy (non-hydrogen) atoms. The Labute approximate surface area is 110 Å². The minimum Gasteiger partial charge on any atom is -0.377 e. The van der Waals surface area contributed by atoms with Crippen molar-refractivity contribution in [3.8, 4) is 0 Å². The lowest BCUT2D eigenvalue weighted by Gasteiger charge is -2.26. The van der Waals surface area contributed by atoms with E-state index in [4.69, 9.17) is 4.74 Å². The van der Waals surface area contributed by atoms with E-state index in [0.717, 1.165) is 12.5 Å². The Kier molecular flexibility index (Phi) is 3.67. The summed E-state index contributed by atoms with van der Waals surface area (Å²) in [4.78, 5) is 2.66. The fourth-order valence-electron chi connectivity index (χ4n) is 3.48. The molecule has 98 valence electrons. The minimum atomic E-state index is 0.431. The molecule has 3 rings (SSSR count). The van der Waals surface area contributed by atoms with Crippen LogP contribution in [0.4, 0.5) is 0 Å². The second-order valence-electron chi connectivity index (χ2n) is 5.77. The zero-order valence-corrected chi connectivity index (χ0v) is 11.2. The molecular formula is C16H23NO. The third-order valence-electron chi connectivity index (χ3n) is 4.49. The Morgan fingerprint density at radius 1 is 1.22 bits per heavy atom. The number of rotatable bonds is 3. The fourth-order valence-corrected chi connectivity index (χ4v) is 3.48. The van der Waals surface area contributed by atoms with E-state index in [1.165, 1.54) is 37.9 Å². The molecule has 0 bridgehead atoms. The molecular weight excluding hydrogens is 222 g/mol. The maximum absolute atomic E-state index is 5.69. The van der Waals surface area contributed by atoms with Crippen LogP contribution in [-0.2, 0) is 11.2 Å². The van der Waals surface area contributed by atoms with Gasteiger partial charge in [0.15, 0.2) is 0 Å². The smallest absolute Gasteiger partial charge is 0.0703 e. The molecule has 0 N–H and O–H groups in total. The van der Waals surface area contributed by atoms with Gasteiger partial charge in [-0.15, -0.1) is 0 Å². The number of benzene rings is 1. The number of hydrogen-bond donors (Lipinski definition) is 0. The van der Waals surface area contributed by atoms with E-state index in [9.17, 15) is 0 Å². The lowest BCUT2D eigenvalue weighted by molar-refractivity contribution is 0.0818.